The van der Waals surface area contributed by atoms with Gasteiger partial charge in [-0.3, -0.25) is 4.98 Å². The van der Waals surface area contributed by atoms with Crippen molar-refractivity contribution in [1.82, 2.24) is 19.8 Å². The number of fused-ring (bicyclic) bond motifs is 1. The van der Waals surface area contributed by atoms with Crippen molar-refractivity contribution >= 4 is 28.5 Å². The summed E-state index contributed by atoms with van der Waals surface area (Å²) in [7, 11) is 0. The molecule has 1 fully saturated rings. The maximum atomic E-state index is 12.1. The second-order valence-electron chi connectivity index (χ2n) is 8.50. The number of halogens is 1. The van der Waals surface area contributed by atoms with Gasteiger partial charge in [-0.15, -0.1) is 5.06 Å². The summed E-state index contributed by atoms with van der Waals surface area (Å²) in [5, 5.41) is 8.53. The summed E-state index contributed by atoms with van der Waals surface area (Å²) in [6, 6.07) is 9.67. The first-order valence-corrected chi connectivity index (χ1v) is 10.3. The molecule has 0 radical (unpaired) electrons. The van der Waals surface area contributed by atoms with E-state index in [0.29, 0.717) is 24.0 Å². The van der Waals surface area contributed by atoms with Gasteiger partial charge in [0.1, 0.15) is 0 Å². The molecule has 0 saturated carbocycles. The summed E-state index contributed by atoms with van der Waals surface area (Å²) >= 11 is 6.04. The fourth-order valence-corrected chi connectivity index (χ4v) is 3.67. The van der Waals surface area contributed by atoms with Crippen LogP contribution in [-0.4, -0.2) is 38.9 Å². The molecule has 0 bridgehead atoms. The molecular weight excluding hydrogens is 388 g/mol. The van der Waals surface area contributed by atoms with Crippen LogP contribution in [0.15, 0.2) is 42.7 Å². The fraction of sp³-hybridized carbons (Fsp3) is 0.409. The zero-order valence-corrected chi connectivity index (χ0v) is 17.7. The van der Waals surface area contributed by atoms with E-state index < -0.39 is 5.41 Å². The maximum Gasteiger partial charge on any atom is 0.330 e. The number of carbonyl (C=O) groups is 1. The topological polar surface area (TPSA) is 60.2 Å². The molecule has 1 saturated heterocycles. The van der Waals surface area contributed by atoms with Crippen LogP contribution in [0.2, 0.25) is 5.02 Å². The van der Waals surface area contributed by atoms with E-state index in [4.69, 9.17) is 21.5 Å². The standard InChI is InChI=1S/C22H25ClN4O2/c1-22(2,3)21(28)29-26-12-9-15(10-13-26)20-18-8-11-24-14-19(18)27(25-20)17-6-4-16(23)5-7-17/h4-8,11,14-15H,9-10,12-13H2,1-3H3. The molecule has 6 nitrogen and oxygen atoms in total. The van der Waals surface area contributed by atoms with Gasteiger partial charge in [0.25, 0.3) is 0 Å². The molecule has 0 amide bonds. The average Bonchev–Trinajstić information content (AvgIpc) is 3.08. The third kappa shape index (κ3) is 4.14. The highest BCUT2D eigenvalue weighted by Gasteiger charge is 2.30. The van der Waals surface area contributed by atoms with Gasteiger partial charge in [-0.2, -0.15) is 5.10 Å². The van der Waals surface area contributed by atoms with Crippen LogP contribution < -0.4 is 0 Å². The van der Waals surface area contributed by atoms with Gasteiger partial charge in [-0.05, 0) is 63.9 Å². The summed E-state index contributed by atoms with van der Waals surface area (Å²) in [6.45, 7) is 7.00. The quantitative estimate of drug-likeness (QED) is 0.620. The van der Waals surface area contributed by atoms with E-state index in [2.05, 4.69) is 4.98 Å². The minimum absolute atomic E-state index is 0.195. The lowest BCUT2D eigenvalue weighted by Gasteiger charge is -2.31. The number of rotatable bonds is 3. The van der Waals surface area contributed by atoms with Crippen molar-refractivity contribution in [2.45, 2.75) is 39.5 Å². The maximum absolute atomic E-state index is 12.1. The van der Waals surface area contributed by atoms with E-state index in [1.807, 2.05) is 62.0 Å². The van der Waals surface area contributed by atoms with Crippen molar-refractivity contribution in [3.63, 3.8) is 0 Å². The summed E-state index contributed by atoms with van der Waals surface area (Å²) < 4.78 is 1.93. The van der Waals surface area contributed by atoms with Gasteiger partial charge in [-0.1, -0.05) is 11.6 Å². The lowest BCUT2D eigenvalue weighted by molar-refractivity contribution is -0.204. The highest BCUT2D eigenvalue weighted by atomic mass is 35.5. The van der Waals surface area contributed by atoms with Crippen LogP contribution in [0.5, 0.6) is 0 Å². The van der Waals surface area contributed by atoms with Gasteiger partial charge in [0.2, 0.25) is 0 Å². The molecule has 2 aromatic heterocycles. The van der Waals surface area contributed by atoms with Gasteiger partial charge in [0.15, 0.2) is 0 Å². The number of nitrogens with zero attached hydrogens (tertiary/aromatic N) is 4. The summed E-state index contributed by atoms with van der Waals surface area (Å²) in [6.07, 6.45) is 5.42. The first-order chi connectivity index (χ1) is 13.8. The van der Waals surface area contributed by atoms with Crippen LogP contribution in [0, 0.1) is 5.41 Å². The number of benzene rings is 1. The van der Waals surface area contributed by atoms with Crippen LogP contribution >= 0.6 is 11.6 Å². The smallest absolute Gasteiger partial charge is 0.330 e. The number of hydrogen-bond donors (Lipinski definition) is 0. The van der Waals surface area contributed by atoms with Crippen LogP contribution in [0.25, 0.3) is 16.6 Å². The SMILES string of the molecule is CC(C)(C)C(=O)ON1CCC(c2nn(-c3ccc(Cl)cc3)c3cnccc23)CC1. The third-order valence-corrected chi connectivity index (χ3v) is 5.50. The first kappa shape index (κ1) is 19.9. The van der Waals surface area contributed by atoms with Crippen LogP contribution in [0.4, 0.5) is 0 Å². The number of hydrogen-bond acceptors (Lipinski definition) is 5. The highest BCUT2D eigenvalue weighted by Crippen LogP contribution is 2.34. The van der Waals surface area contributed by atoms with E-state index in [0.717, 1.165) is 35.1 Å². The molecule has 0 atom stereocenters. The molecule has 152 valence electrons. The molecule has 0 N–H and O–H groups in total. The number of pyridine rings is 1. The zero-order valence-electron chi connectivity index (χ0n) is 16.9. The second-order valence-corrected chi connectivity index (χ2v) is 8.93. The molecule has 1 aliphatic heterocycles. The number of carbonyl (C=O) groups excluding carboxylic acids is 1. The van der Waals surface area contributed by atoms with E-state index in [1.54, 1.807) is 11.3 Å². The Bertz CT molecular complexity index is 1020. The zero-order chi connectivity index (χ0) is 20.6. The lowest BCUT2D eigenvalue weighted by atomic mass is 9.92. The average molecular weight is 413 g/mol. The third-order valence-electron chi connectivity index (χ3n) is 5.25. The van der Waals surface area contributed by atoms with Crippen LogP contribution in [-0.2, 0) is 9.63 Å². The van der Waals surface area contributed by atoms with Gasteiger partial charge in [0, 0.05) is 35.6 Å². The van der Waals surface area contributed by atoms with Gasteiger partial charge < -0.3 is 4.84 Å². The van der Waals surface area contributed by atoms with E-state index in [1.165, 1.54) is 0 Å². The first-order valence-electron chi connectivity index (χ1n) is 9.89. The Morgan fingerprint density at radius 2 is 1.83 bits per heavy atom. The molecule has 29 heavy (non-hydrogen) atoms. The molecule has 4 rings (SSSR count). The molecule has 1 aromatic carbocycles. The van der Waals surface area contributed by atoms with Crippen molar-refractivity contribution < 1.29 is 9.63 Å². The molecule has 7 heteroatoms. The summed E-state index contributed by atoms with van der Waals surface area (Å²) in [5.74, 6) is 0.109. The van der Waals surface area contributed by atoms with Crippen molar-refractivity contribution in [1.29, 1.82) is 0 Å². The number of aromatic nitrogens is 3. The molecule has 0 unspecified atom stereocenters. The Morgan fingerprint density at radius 3 is 2.48 bits per heavy atom. The van der Waals surface area contributed by atoms with E-state index >= 15 is 0 Å². The molecule has 1 aliphatic rings. The Balaban J connectivity index is 1.56. The largest absolute Gasteiger partial charge is 0.367 e. The Morgan fingerprint density at radius 1 is 1.14 bits per heavy atom. The van der Waals surface area contributed by atoms with Crippen LogP contribution in [0.1, 0.15) is 45.2 Å². The van der Waals surface area contributed by atoms with Crippen molar-refractivity contribution in [3.05, 3.63) is 53.4 Å². The fourth-order valence-electron chi connectivity index (χ4n) is 3.54. The summed E-state index contributed by atoms with van der Waals surface area (Å²) in [4.78, 5) is 22.0. The molecular formula is C22H25ClN4O2. The van der Waals surface area contributed by atoms with Crippen LogP contribution in [0.3, 0.4) is 0 Å². The van der Waals surface area contributed by atoms with Crippen molar-refractivity contribution in [2.24, 2.45) is 5.41 Å². The Kier molecular flexibility index (Phi) is 5.32. The van der Waals surface area contributed by atoms with Gasteiger partial charge in [-0.25, -0.2) is 9.48 Å². The predicted octanol–water partition coefficient (Wildman–Crippen LogP) is 4.76. The number of hydroxylamine groups is 2. The molecule has 3 aromatic rings. The van der Waals surface area contributed by atoms with Crippen molar-refractivity contribution in [3.8, 4) is 5.69 Å². The van der Waals surface area contributed by atoms with Gasteiger partial charge >= 0.3 is 5.97 Å². The minimum Gasteiger partial charge on any atom is -0.367 e. The van der Waals surface area contributed by atoms with E-state index in [9.17, 15) is 4.79 Å². The minimum atomic E-state index is -0.503. The van der Waals surface area contributed by atoms with E-state index in [-0.39, 0.29) is 5.97 Å². The number of piperidine rings is 1. The normalized spacial score (nSPS) is 16.3. The van der Waals surface area contributed by atoms with Gasteiger partial charge in [0.05, 0.1) is 28.5 Å². The Labute approximate surface area is 175 Å². The molecule has 3 heterocycles. The molecule has 0 spiro atoms. The lowest BCUT2D eigenvalue weighted by Crippen LogP contribution is -2.38. The Hall–Kier alpha value is -2.44. The highest BCUT2D eigenvalue weighted by molar-refractivity contribution is 6.30. The predicted molar refractivity (Wildman–Crippen MR) is 113 cm³/mol. The summed E-state index contributed by atoms with van der Waals surface area (Å²) in [5.41, 5.74) is 2.50. The monoisotopic (exact) mass is 412 g/mol. The van der Waals surface area contributed by atoms with Crippen molar-refractivity contribution in [2.75, 3.05) is 13.1 Å². The molecule has 0 aliphatic carbocycles. The second kappa shape index (κ2) is 7.76.